The van der Waals surface area contributed by atoms with Crippen LogP contribution in [0.15, 0.2) is 17.1 Å². The van der Waals surface area contributed by atoms with Gasteiger partial charge in [0.15, 0.2) is 18.6 Å². The first kappa shape index (κ1) is 16.4. The SMILES string of the molecule is CC(C)C([NH3+])C(=O)OC[C@@H]1OC[C@H](n2ccc(N)nc2=O)O1. The number of esters is 1. The minimum Gasteiger partial charge on any atom is -0.456 e. The van der Waals surface area contributed by atoms with Gasteiger partial charge in [0.25, 0.3) is 0 Å². The van der Waals surface area contributed by atoms with E-state index in [1.54, 1.807) is 0 Å². The maximum absolute atomic E-state index is 11.7. The van der Waals surface area contributed by atoms with Crippen molar-refractivity contribution in [2.45, 2.75) is 32.4 Å². The smallest absolute Gasteiger partial charge is 0.365 e. The Morgan fingerprint density at radius 3 is 3.00 bits per heavy atom. The molecule has 1 saturated heterocycles. The number of hydrogen-bond donors (Lipinski definition) is 2. The van der Waals surface area contributed by atoms with E-state index in [1.807, 2.05) is 13.8 Å². The highest BCUT2D eigenvalue weighted by molar-refractivity contribution is 5.74. The molecule has 0 spiro atoms. The summed E-state index contributed by atoms with van der Waals surface area (Å²) in [7, 11) is 0. The Balaban J connectivity index is 1.88. The summed E-state index contributed by atoms with van der Waals surface area (Å²) >= 11 is 0. The molecule has 0 radical (unpaired) electrons. The number of carbonyl (C=O) groups is 1. The molecule has 2 rings (SSSR count). The molecule has 1 unspecified atom stereocenters. The van der Waals surface area contributed by atoms with Crippen LogP contribution in [0, 0.1) is 5.92 Å². The van der Waals surface area contributed by atoms with Crippen LogP contribution in [-0.4, -0.2) is 41.1 Å². The van der Waals surface area contributed by atoms with E-state index in [9.17, 15) is 9.59 Å². The first-order valence-electron chi connectivity index (χ1n) is 7.00. The van der Waals surface area contributed by atoms with Crippen molar-refractivity contribution < 1.29 is 24.7 Å². The number of nitrogens with zero attached hydrogens (tertiary/aromatic N) is 2. The second-order valence-electron chi connectivity index (χ2n) is 5.38. The highest BCUT2D eigenvalue weighted by atomic mass is 16.7. The number of ether oxygens (including phenoxy) is 3. The van der Waals surface area contributed by atoms with E-state index in [1.165, 1.54) is 16.8 Å². The van der Waals surface area contributed by atoms with Gasteiger partial charge in [-0.05, 0) is 6.07 Å². The summed E-state index contributed by atoms with van der Waals surface area (Å²) in [6, 6.07) is 1.05. The number of aromatic nitrogens is 2. The molecular formula is C13H21N4O5+. The monoisotopic (exact) mass is 313 g/mol. The van der Waals surface area contributed by atoms with Crippen molar-refractivity contribution in [3.05, 3.63) is 22.7 Å². The molecule has 22 heavy (non-hydrogen) atoms. The van der Waals surface area contributed by atoms with Crippen molar-refractivity contribution in [1.82, 2.24) is 9.55 Å². The van der Waals surface area contributed by atoms with Crippen LogP contribution in [0.4, 0.5) is 5.82 Å². The first-order chi connectivity index (χ1) is 10.4. The van der Waals surface area contributed by atoms with Crippen molar-refractivity contribution in [1.29, 1.82) is 0 Å². The lowest BCUT2D eigenvalue weighted by Gasteiger charge is -2.15. The third kappa shape index (κ3) is 3.81. The van der Waals surface area contributed by atoms with Gasteiger partial charge in [-0.1, -0.05) is 13.8 Å². The van der Waals surface area contributed by atoms with Crippen LogP contribution in [0.3, 0.4) is 0 Å². The number of nitrogen functional groups attached to an aromatic ring is 1. The Kier molecular flexibility index (Phi) is 5.11. The Bertz CT molecular complexity index is 588. The van der Waals surface area contributed by atoms with Crippen LogP contribution in [0.2, 0.25) is 0 Å². The van der Waals surface area contributed by atoms with E-state index < -0.39 is 30.2 Å². The first-order valence-corrected chi connectivity index (χ1v) is 7.00. The summed E-state index contributed by atoms with van der Waals surface area (Å²) in [6.45, 7) is 3.88. The molecule has 9 nitrogen and oxygen atoms in total. The predicted molar refractivity (Wildman–Crippen MR) is 75.2 cm³/mol. The zero-order valence-corrected chi connectivity index (χ0v) is 12.6. The van der Waals surface area contributed by atoms with Gasteiger partial charge in [-0.15, -0.1) is 0 Å². The molecule has 1 aromatic rings. The summed E-state index contributed by atoms with van der Waals surface area (Å²) in [5.74, 6) is -0.178. The molecular weight excluding hydrogens is 292 g/mol. The van der Waals surface area contributed by atoms with Crippen molar-refractivity contribution in [3.8, 4) is 0 Å². The van der Waals surface area contributed by atoms with Gasteiger partial charge in [0, 0.05) is 12.1 Å². The van der Waals surface area contributed by atoms with E-state index in [0.29, 0.717) is 0 Å². The Morgan fingerprint density at radius 1 is 1.64 bits per heavy atom. The molecule has 0 bridgehead atoms. The molecule has 3 atom stereocenters. The molecule has 1 fully saturated rings. The van der Waals surface area contributed by atoms with Crippen LogP contribution in [0.1, 0.15) is 20.1 Å². The highest BCUT2D eigenvalue weighted by Gasteiger charge is 2.31. The zero-order chi connectivity index (χ0) is 16.3. The molecule has 2 heterocycles. The molecule has 0 aliphatic carbocycles. The normalized spacial score (nSPS) is 22.7. The van der Waals surface area contributed by atoms with Gasteiger partial charge in [0.05, 0.1) is 6.61 Å². The molecule has 5 N–H and O–H groups in total. The fourth-order valence-electron chi connectivity index (χ4n) is 1.85. The maximum atomic E-state index is 11.7. The van der Waals surface area contributed by atoms with Gasteiger partial charge in [0.2, 0.25) is 0 Å². The number of hydrogen-bond acceptors (Lipinski definition) is 7. The summed E-state index contributed by atoms with van der Waals surface area (Å²) < 4.78 is 17.3. The van der Waals surface area contributed by atoms with Crippen LogP contribution >= 0.6 is 0 Å². The van der Waals surface area contributed by atoms with E-state index in [-0.39, 0.29) is 24.9 Å². The number of quaternary nitrogens is 1. The lowest BCUT2D eigenvalue weighted by Crippen LogP contribution is -2.67. The molecule has 0 amide bonds. The molecule has 0 aromatic carbocycles. The average Bonchev–Trinajstić information content (AvgIpc) is 2.92. The van der Waals surface area contributed by atoms with Gasteiger partial charge in [-0.3, -0.25) is 4.57 Å². The number of nitrogens with two attached hydrogens (primary N) is 1. The van der Waals surface area contributed by atoms with Crippen molar-refractivity contribution >= 4 is 11.8 Å². The van der Waals surface area contributed by atoms with Gasteiger partial charge in [-0.2, -0.15) is 4.98 Å². The minimum absolute atomic E-state index is 0.0504. The third-order valence-electron chi connectivity index (χ3n) is 3.36. The number of rotatable bonds is 5. The fraction of sp³-hybridized carbons (Fsp3) is 0.615. The largest absolute Gasteiger partial charge is 0.456 e. The van der Waals surface area contributed by atoms with E-state index >= 15 is 0 Å². The lowest BCUT2D eigenvalue weighted by molar-refractivity contribution is -0.419. The van der Waals surface area contributed by atoms with E-state index in [2.05, 4.69) is 10.7 Å². The molecule has 1 aromatic heterocycles. The quantitative estimate of drug-likeness (QED) is 0.632. The van der Waals surface area contributed by atoms with Crippen LogP contribution in [-0.2, 0) is 19.0 Å². The summed E-state index contributed by atoms with van der Waals surface area (Å²) in [5.41, 5.74) is 8.65. The maximum Gasteiger partial charge on any atom is 0.365 e. The molecule has 9 heteroatoms. The number of anilines is 1. The Labute approximate surface area is 127 Å². The standard InChI is InChI=1S/C13H20N4O5/c1-7(2)11(15)12(18)21-6-10-20-5-9(22-10)17-4-3-8(14)16-13(17)19/h3-4,7,9-11H,5-6,15H2,1-2H3,(H2,14,16,19)/p+1/t9-,10-,11?/m1/s1. The lowest BCUT2D eigenvalue weighted by atomic mass is 10.1. The highest BCUT2D eigenvalue weighted by Crippen LogP contribution is 2.19. The third-order valence-corrected chi connectivity index (χ3v) is 3.36. The Morgan fingerprint density at radius 2 is 2.36 bits per heavy atom. The van der Waals surface area contributed by atoms with Crippen LogP contribution < -0.4 is 17.2 Å². The number of carbonyl (C=O) groups excluding carboxylic acids is 1. The minimum atomic E-state index is -0.724. The van der Waals surface area contributed by atoms with Gasteiger partial charge in [0.1, 0.15) is 12.4 Å². The van der Waals surface area contributed by atoms with E-state index in [4.69, 9.17) is 19.9 Å². The second-order valence-corrected chi connectivity index (χ2v) is 5.38. The predicted octanol–water partition coefficient (Wildman–Crippen LogP) is -1.49. The van der Waals surface area contributed by atoms with Crippen LogP contribution in [0.5, 0.6) is 0 Å². The average molecular weight is 313 g/mol. The van der Waals surface area contributed by atoms with Crippen LogP contribution in [0.25, 0.3) is 0 Å². The molecule has 1 aliphatic rings. The van der Waals surface area contributed by atoms with Crippen molar-refractivity contribution in [3.63, 3.8) is 0 Å². The second kappa shape index (κ2) is 6.86. The van der Waals surface area contributed by atoms with E-state index in [0.717, 1.165) is 0 Å². The Hall–Kier alpha value is -1.97. The molecule has 1 aliphatic heterocycles. The zero-order valence-electron chi connectivity index (χ0n) is 12.6. The summed E-state index contributed by atoms with van der Waals surface area (Å²) in [4.78, 5) is 27.0. The van der Waals surface area contributed by atoms with Gasteiger partial charge < -0.3 is 25.7 Å². The molecule has 0 saturated carbocycles. The van der Waals surface area contributed by atoms with Crippen molar-refractivity contribution in [2.24, 2.45) is 5.92 Å². The fourth-order valence-corrected chi connectivity index (χ4v) is 1.85. The van der Waals surface area contributed by atoms with Gasteiger partial charge >= 0.3 is 11.7 Å². The van der Waals surface area contributed by atoms with Crippen molar-refractivity contribution in [2.75, 3.05) is 18.9 Å². The van der Waals surface area contributed by atoms with Gasteiger partial charge in [-0.25, -0.2) is 9.59 Å². The summed E-state index contributed by atoms with van der Waals surface area (Å²) in [6.07, 6.45) is 0.139. The topological polar surface area (TPSA) is 133 Å². The molecule has 122 valence electrons. The summed E-state index contributed by atoms with van der Waals surface area (Å²) in [5, 5.41) is 0.